The molecule has 0 saturated carbocycles. The number of hydrogen-bond acceptors (Lipinski definition) is 6. The van der Waals surface area contributed by atoms with Crippen LogP contribution in [-0.2, 0) is 14.3 Å². The molecule has 7 nitrogen and oxygen atoms in total. The van der Waals surface area contributed by atoms with Crippen LogP contribution >= 0.6 is 11.8 Å². The first-order chi connectivity index (χ1) is 10.4. The first-order valence-corrected chi connectivity index (χ1v) is 6.89. The van der Waals surface area contributed by atoms with Gasteiger partial charge in [-0.05, 0) is 35.5 Å². The molecule has 0 radical (unpaired) electrons. The highest BCUT2D eigenvalue weighted by molar-refractivity contribution is 8.18. The molecule has 1 aliphatic heterocycles. The molecule has 0 bridgehead atoms. The Morgan fingerprint density at radius 2 is 1.91 bits per heavy atom. The van der Waals surface area contributed by atoms with Crippen LogP contribution in [0.3, 0.4) is 0 Å². The number of carboxylic acid groups (broad SMARTS) is 1. The summed E-state index contributed by atoms with van der Waals surface area (Å²) in [6, 6.07) is 6.24. The molecule has 8 heteroatoms. The Balaban J connectivity index is 2.19. The number of carbonyl (C=O) groups excluding carboxylic acids is 3. The zero-order chi connectivity index (χ0) is 16.3. The zero-order valence-electron chi connectivity index (χ0n) is 11.4. The maximum atomic E-state index is 12.0. The lowest BCUT2D eigenvalue weighted by Gasteiger charge is -2.07. The maximum Gasteiger partial charge on any atom is 0.337 e. The SMILES string of the molecule is COC(=O)c1ccc(C=C2SC(=O)N(CC(=O)O)C2=O)cc1. The quantitative estimate of drug-likeness (QED) is 0.664. The summed E-state index contributed by atoms with van der Waals surface area (Å²) in [6.07, 6.45) is 1.47. The Morgan fingerprint density at radius 3 is 2.45 bits per heavy atom. The van der Waals surface area contributed by atoms with E-state index in [9.17, 15) is 19.2 Å². The number of imide groups is 1. The van der Waals surface area contributed by atoms with Crippen molar-refractivity contribution in [1.29, 1.82) is 0 Å². The number of hydrogen-bond donors (Lipinski definition) is 1. The number of carbonyl (C=O) groups is 4. The van der Waals surface area contributed by atoms with Gasteiger partial charge in [-0.1, -0.05) is 12.1 Å². The van der Waals surface area contributed by atoms with Crippen LogP contribution in [-0.4, -0.2) is 46.7 Å². The molecular formula is C14H11NO6S. The van der Waals surface area contributed by atoms with Gasteiger partial charge < -0.3 is 9.84 Å². The molecular weight excluding hydrogens is 310 g/mol. The normalized spacial score (nSPS) is 16.2. The summed E-state index contributed by atoms with van der Waals surface area (Å²) < 4.78 is 4.57. The first kappa shape index (κ1) is 15.8. The molecule has 2 amide bonds. The van der Waals surface area contributed by atoms with Gasteiger partial charge in [-0.2, -0.15) is 0 Å². The largest absolute Gasteiger partial charge is 0.480 e. The van der Waals surface area contributed by atoms with Gasteiger partial charge in [-0.25, -0.2) is 4.79 Å². The number of nitrogens with zero attached hydrogens (tertiary/aromatic N) is 1. The van der Waals surface area contributed by atoms with Crippen molar-refractivity contribution in [2.24, 2.45) is 0 Å². The van der Waals surface area contributed by atoms with Crippen molar-refractivity contribution >= 4 is 40.9 Å². The number of benzene rings is 1. The summed E-state index contributed by atoms with van der Waals surface area (Å²) in [5.74, 6) is -2.38. The highest BCUT2D eigenvalue weighted by atomic mass is 32.2. The van der Waals surface area contributed by atoms with Crippen LogP contribution < -0.4 is 0 Å². The third-order valence-electron chi connectivity index (χ3n) is 2.80. The van der Waals surface area contributed by atoms with E-state index in [1.807, 2.05) is 0 Å². The Kier molecular flexibility index (Phi) is 4.62. The lowest BCUT2D eigenvalue weighted by Crippen LogP contribution is -2.33. The molecule has 0 spiro atoms. The van der Waals surface area contributed by atoms with Crippen LogP contribution in [0.4, 0.5) is 4.79 Å². The van der Waals surface area contributed by atoms with Crippen molar-refractivity contribution in [1.82, 2.24) is 4.90 Å². The fourth-order valence-corrected chi connectivity index (χ4v) is 2.59. The monoisotopic (exact) mass is 321 g/mol. The van der Waals surface area contributed by atoms with Crippen LogP contribution in [0, 0.1) is 0 Å². The number of esters is 1. The van der Waals surface area contributed by atoms with Gasteiger partial charge >= 0.3 is 11.9 Å². The molecule has 0 unspecified atom stereocenters. The predicted octanol–water partition coefficient (Wildman–Crippen LogP) is 1.59. The molecule has 114 valence electrons. The summed E-state index contributed by atoms with van der Waals surface area (Å²) >= 11 is 0.677. The van der Waals surface area contributed by atoms with E-state index < -0.39 is 29.6 Å². The molecule has 1 fully saturated rings. The number of carboxylic acids is 1. The Hall–Kier alpha value is -2.61. The second-order valence-electron chi connectivity index (χ2n) is 4.28. The number of aliphatic carboxylic acids is 1. The van der Waals surface area contributed by atoms with Gasteiger partial charge in [0.2, 0.25) is 0 Å². The molecule has 1 aliphatic rings. The van der Waals surface area contributed by atoms with Gasteiger partial charge in [0.05, 0.1) is 17.6 Å². The molecule has 22 heavy (non-hydrogen) atoms. The third kappa shape index (κ3) is 3.34. The molecule has 1 saturated heterocycles. The van der Waals surface area contributed by atoms with Gasteiger partial charge in [-0.15, -0.1) is 0 Å². The van der Waals surface area contributed by atoms with E-state index in [0.717, 1.165) is 0 Å². The Bertz CT molecular complexity index is 679. The number of thioether (sulfide) groups is 1. The fraction of sp³-hybridized carbons (Fsp3) is 0.143. The average molecular weight is 321 g/mol. The number of rotatable bonds is 4. The third-order valence-corrected chi connectivity index (χ3v) is 3.70. The van der Waals surface area contributed by atoms with Crippen LogP contribution in [0.5, 0.6) is 0 Å². The molecule has 0 atom stereocenters. The van der Waals surface area contributed by atoms with Crippen molar-refractivity contribution in [3.05, 3.63) is 40.3 Å². The van der Waals surface area contributed by atoms with Gasteiger partial charge in [0.1, 0.15) is 6.54 Å². The van der Waals surface area contributed by atoms with Crippen LogP contribution in [0.2, 0.25) is 0 Å². The molecule has 1 aromatic carbocycles. The van der Waals surface area contributed by atoms with E-state index in [1.165, 1.54) is 25.3 Å². The van der Waals surface area contributed by atoms with Crippen molar-refractivity contribution in [2.75, 3.05) is 13.7 Å². The number of methoxy groups -OCH3 is 1. The average Bonchev–Trinajstić information content (AvgIpc) is 2.74. The molecule has 0 aliphatic carbocycles. The standard InChI is InChI=1S/C14H11NO6S/c1-21-13(19)9-4-2-8(3-5-9)6-10-12(18)15(7-11(16)17)14(20)22-10/h2-6H,7H2,1H3,(H,16,17). The fourth-order valence-electron chi connectivity index (χ4n) is 1.76. The first-order valence-electron chi connectivity index (χ1n) is 6.08. The van der Waals surface area contributed by atoms with E-state index in [1.54, 1.807) is 12.1 Å². The summed E-state index contributed by atoms with van der Waals surface area (Å²) in [7, 11) is 1.27. The minimum atomic E-state index is -1.26. The topological polar surface area (TPSA) is 101 Å². The van der Waals surface area contributed by atoms with E-state index in [0.29, 0.717) is 27.8 Å². The van der Waals surface area contributed by atoms with Gasteiger partial charge in [0.25, 0.3) is 11.1 Å². The van der Waals surface area contributed by atoms with E-state index in [-0.39, 0.29) is 4.91 Å². The number of amides is 2. The smallest absolute Gasteiger partial charge is 0.337 e. The van der Waals surface area contributed by atoms with Crippen LogP contribution in [0.1, 0.15) is 15.9 Å². The minimum absolute atomic E-state index is 0.136. The Labute approximate surface area is 129 Å². The van der Waals surface area contributed by atoms with E-state index in [2.05, 4.69) is 4.74 Å². The number of ether oxygens (including phenoxy) is 1. The van der Waals surface area contributed by atoms with E-state index >= 15 is 0 Å². The summed E-state index contributed by atoms with van der Waals surface area (Å²) in [4.78, 5) is 46.3. The van der Waals surface area contributed by atoms with Crippen LogP contribution in [0.15, 0.2) is 29.2 Å². The second-order valence-corrected chi connectivity index (χ2v) is 5.27. The molecule has 2 rings (SSSR count). The van der Waals surface area contributed by atoms with Crippen LogP contribution in [0.25, 0.3) is 6.08 Å². The highest BCUT2D eigenvalue weighted by Gasteiger charge is 2.36. The molecule has 1 aromatic rings. The van der Waals surface area contributed by atoms with Crippen molar-refractivity contribution < 1.29 is 29.0 Å². The maximum absolute atomic E-state index is 12.0. The molecule has 0 aromatic heterocycles. The second kappa shape index (κ2) is 6.44. The van der Waals surface area contributed by atoms with Gasteiger partial charge in [0, 0.05) is 0 Å². The lowest BCUT2D eigenvalue weighted by molar-refractivity contribution is -0.140. The predicted molar refractivity (Wildman–Crippen MR) is 78.1 cm³/mol. The van der Waals surface area contributed by atoms with Crippen molar-refractivity contribution in [3.8, 4) is 0 Å². The van der Waals surface area contributed by atoms with Gasteiger partial charge in [0.15, 0.2) is 0 Å². The molecule has 1 N–H and O–H groups in total. The summed E-state index contributed by atoms with van der Waals surface area (Å²) in [6.45, 7) is -0.663. The zero-order valence-corrected chi connectivity index (χ0v) is 12.3. The van der Waals surface area contributed by atoms with Gasteiger partial charge in [-0.3, -0.25) is 19.3 Å². The minimum Gasteiger partial charge on any atom is -0.480 e. The van der Waals surface area contributed by atoms with Crippen molar-refractivity contribution in [3.63, 3.8) is 0 Å². The summed E-state index contributed by atoms with van der Waals surface area (Å²) in [5.41, 5.74) is 0.965. The van der Waals surface area contributed by atoms with E-state index in [4.69, 9.17) is 5.11 Å². The lowest BCUT2D eigenvalue weighted by atomic mass is 10.1. The highest BCUT2D eigenvalue weighted by Crippen LogP contribution is 2.31. The molecule has 1 heterocycles. The Morgan fingerprint density at radius 1 is 1.27 bits per heavy atom. The summed E-state index contributed by atoms with van der Waals surface area (Å²) in [5, 5.41) is 8.05. The van der Waals surface area contributed by atoms with Crippen molar-refractivity contribution in [2.45, 2.75) is 0 Å².